The molecule has 1 aliphatic carbocycles. The molecule has 4 rings (SSSR count). The van der Waals surface area contributed by atoms with Crippen LogP contribution in [0.25, 0.3) is 5.57 Å². The number of rotatable bonds is 7. The van der Waals surface area contributed by atoms with Gasteiger partial charge in [-0.15, -0.1) is 0 Å². The quantitative estimate of drug-likeness (QED) is 0.546. The molecule has 11 heteroatoms. The van der Waals surface area contributed by atoms with Gasteiger partial charge < -0.3 is 9.84 Å². The van der Waals surface area contributed by atoms with Crippen molar-refractivity contribution in [2.45, 2.75) is 61.5 Å². The maximum Gasteiger partial charge on any atom is 0.247 e. The Labute approximate surface area is 224 Å². The molecule has 0 radical (unpaired) electrons. The molecule has 0 unspecified atom stereocenters. The number of aliphatic hydroxyl groups is 1. The lowest BCUT2D eigenvalue weighted by Crippen LogP contribution is -2.50. The summed E-state index contributed by atoms with van der Waals surface area (Å²) in [6.45, 7) is 3.04. The van der Waals surface area contributed by atoms with Gasteiger partial charge in [0.1, 0.15) is 22.6 Å². The van der Waals surface area contributed by atoms with Crippen molar-refractivity contribution >= 4 is 25.6 Å². The van der Waals surface area contributed by atoms with E-state index in [4.69, 9.17) is 4.74 Å². The zero-order chi connectivity index (χ0) is 27.7. The third kappa shape index (κ3) is 5.81. The molecule has 0 fully saturated rings. The summed E-state index contributed by atoms with van der Waals surface area (Å²) >= 11 is 0. The van der Waals surface area contributed by atoms with Gasteiger partial charge in [-0.2, -0.15) is 8.61 Å². The lowest BCUT2D eigenvalue weighted by molar-refractivity contribution is 0.0904. The van der Waals surface area contributed by atoms with Gasteiger partial charge in [-0.1, -0.05) is 19.1 Å². The molecule has 3 atom stereocenters. The predicted molar refractivity (Wildman–Crippen MR) is 143 cm³/mol. The van der Waals surface area contributed by atoms with E-state index in [9.17, 15) is 26.3 Å². The normalized spacial score (nSPS) is 23.1. The Hall–Kier alpha value is -2.31. The van der Waals surface area contributed by atoms with Crippen molar-refractivity contribution in [3.05, 3.63) is 59.9 Å². The van der Waals surface area contributed by atoms with Crippen LogP contribution < -0.4 is 4.74 Å². The number of hydrogen-bond donors (Lipinski definition) is 1. The number of allylic oxidation sites excluding steroid dienone is 2. The number of aliphatic hydroxyl groups excluding tert-OH is 1. The van der Waals surface area contributed by atoms with Crippen molar-refractivity contribution < 1.29 is 31.1 Å². The van der Waals surface area contributed by atoms with E-state index in [2.05, 4.69) is 6.08 Å². The molecule has 0 saturated carbocycles. The van der Waals surface area contributed by atoms with Gasteiger partial charge in [-0.3, -0.25) is 0 Å². The van der Waals surface area contributed by atoms with E-state index in [-0.39, 0.29) is 35.2 Å². The number of halogens is 1. The fourth-order valence-corrected chi connectivity index (χ4v) is 7.89. The molecule has 0 amide bonds. The molecule has 1 heterocycles. The molecular formula is C27H35FN2O6S2. The monoisotopic (exact) mass is 566 g/mol. The Morgan fingerprint density at radius 3 is 2.53 bits per heavy atom. The maximum absolute atomic E-state index is 13.7. The molecule has 2 aromatic carbocycles. The van der Waals surface area contributed by atoms with Crippen molar-refractivity contribution in [2.75, 3.05) is 26.7 Å². The van der Waals surface area contributed by atoms with Crippen LogP contribution in [0.15, 0.2) is 58.3 Å². The number of nitrogens with zero attached hydrogens (tertiary/aromatic N) is 2. The summed E-state index contributed by atoms with van der Waals surface area (Å²) in [6, 6.07) is 8.96. The number of hydrogen-bond acceptors (Lipinski definition) is 6. The van der Waals surface area contributed by atoms with Crippen LogP contribution in [0.1, 0.15) is 45.1 Å². The van der Waals surface area contributed by atoms with Crippen molar-refractivity contribution in [3.8, 4) is 5.75 Å². The lowest BCUT2D eigenvalue weighted by Gasteiger charge is -2.37. The zero-order valence-corrected chi connectivity index (χ0v) is 23.5. The smallest absolute Gasteiger partial charge is 0.247 e. The highest BCUT2D eigenvalue weighted by Crippen LogP contribution is 2.37. The Kier molecular flexibility index (Phi) is 8.63. The van der Waals surface area contributed by atoms with Gasteiger partial charge in [-0.05, 0) is 80.1 Å². The summed E-state index contributed by atoms with van der Waals surface area (Å²) in [4.78, 5) is -0.0659. The highest BCUT2D eigenvalue weighted by atomic mass is 32.2. The number of likely N-dealkylation sites (N-methyl/N-ethyl adjacent to an activating group) is 1. The average Bonchev–Trinajstić information content (AvgIpc) is 2.90. The van der Waals surface area contributed by atoms with E-state index in [1.54, 1.807) is 32.0 Å². The van der Waals surface area contributed by atoms with E-state index in [1.807, 2.05) is 0 Å². The van der Waals surface area contributed by atoms with Gasteiger partial charge in [0.25, 0.3) is 0 Å². The Morgan fingerprint density at radius 2 is 1.89 bits per heavy atom. The molecular weight excluding hydrogens is 531 g/mol. The van der Waals surface area contributed by atoms with Gasteiger partial charge in [0, 0.05) is 25.6 Å². The Morgan fingerprint density at radius 1 is 1.18 bits per heavy atom. The average molecular weight is 567 g/mol. The molecule has 1 aliphatic heterocycles. The fraction of sp³-hybridized carbons (Fsp3) is 0.481. The summed E-state index contributed by atoms with van der Waals surface area (Å²) < 4.78 is 75.9. The highest BCUT2D eigenvalue weighted by Gasteiger charge is 2.39. The first-order chi connectivity index (χ1) is 17.9. The Bertz CT molecular complexity index is 1390. The minimum absolute atomic E-state index is 0.0149. The largest absolute Gasteiger partial charge is 0.487 e. The van der Waals surface area contributed by atoms with E-state index in [1.165, 1.54) is 23.5 Å². The number of benzene rings is 2. The van der Waals surface area contributed by atoms with Crippen LogP contribution in [-0.4, -0.2) is 69.4 Å². The van der Waals surface area contributed by atoms with Gasteiger partial charge in [0.05, 0.1) is 18.0 Å². The summed E-state index contributed by atoms with van der Waals surface area (Å²) in [5.41, 5.74) is 2.00. The van der Waals surface area contributed by atoms with E-state index in [0.717, 1.165) is 53.3 Å². The summed E-state index contributed by atoms with van der Waals surface area (Å²) in [5.74, 6) is -0.799. The van der Waals surface area contributed by atoms with Crippen LogP contribution in [0.2, 0.25) is 0 Å². The first kappa shape index (κ1) is 28.7. The second kappa shape index (κ2) is 11.4. The lowest BCUT2D eigenvalue weighted by atomic mass is 9.93. The van der Waals surface area contributed by atoms with Crippen molar-refractivity contribution in [3.63, 3.8) is 0 Å². The van der Waals surface area contributed by atoms with E-state index < -0.39 is 43.9 Å². The summed E-state index contributed by atoms with van der Waals surface area (Å²) in [7, 11) is -6.53. The van der Waals surface area contributed by atoms with Crippen LogP contribution in [0, 0.1) is 11.7 Å². The molecule has 0 spiro atoms. The third-order valence-electron chi connectivity index (χ3n) is 7.29. The number of fused-ring (bicyclic) bond motifs is 1. The second-order valence-corrected chi connectivity index (χ2v) is 14.0. The summed E-state index contributed by atoms with van der Waals surface area (Å²) in [5, 5.41) is 9.83. The van der Waals surface area contributed by atoms with E-state index >= 15 is 0 Å². The van der Waals surface area contributed by atoms with Crippen LogP contribution in [0.4, 0.5) is 4.39 Å². The minimum Gasteiger partial charge on any atom is -0.487 e. The third-order valence-corrected chi connectivity index (χ3v) is 11.1. The van der Waals surface area contributed by atoms with Gasteiger partial charge >= 0.3 is 0 Å². The summed E-state index contributed by atoms with van der Waals surface area (Å²) in [6.07, 6.45) is 5.47. The molecule has 208 valence electrons. The molecule has 1 N–H and O–H groups in total. The highest BCUT2D eigenvalue weighted by molar-refractivity contribution is 7.89. The molecule has 0 bridgehead atoms. The first-order valence-electron chi connectivity index (χ1n) is 12.8. The topological polar surface area (TPSA) is 104 Å². The van der Waals surface area contributed by atoms with Gasteiger partial charge in [0.15, 0.2) is 0 Å². The maximum atomic E-state index is 13.7. The SMILES string of the molecule is C[C@H]1CN([C@@H](C)CO)S(=O)(=O)c2ccc(C3=CCCCC3)cc2O[C@@H]1CN(C)S(=O)(=O)c1ccc(F)cc1. The van der Waals surface area contributed by atoms with Crippen LogP contribution in [0.5, 0.6) is 5.75 Å². The van der Waals surface area contributed by atoms with Crippen molar-refractivity contribution in [1.29, 1.82) is 0 Å². The molecule has 2 aromatic rings. The second-order valence-electron chi connectivity index (χ2n) is 10.1. The Balaban J connectivity index is 1.74. The first-order valence-corrected chi connectivity index (χ1v) is 15.7. The van der Waals surface area contributed by atoms with Gasteiger partial charge in [0.2, 0.25) is 20.0 Å². The molecule has 0 aromatic heterocycles. The van der Waals surface area contributed by atoms with Crippen molar-refractivity contribution in [1.82, 2.24) is 8.61 Å². The number of ether oxygens (including phenoxy) is 1. The zero-order valence-electron chi connectivity index (χ0n) is 21.9. The van der Waals surface area contributed by atoms with Crippen LogP contribution >= 0.6 is 0 Å². The van der Waals surface area contributed by atoms with Crippen LogP contribution in [-0.2, 0) is 20.0 Å². The molecule has 2 aliphatic rings. The fourth-order valence-electron chi connectivity index (χ4n) is 4.88. The van der Waals surface area contributed by atoms with Crippen molar-refractivity contribution in [2.24, 2.45) is 5.92 Å². The predicted octanol–water partition coefficient (Wildman–Crippen LogP) is 3.87. The molecule has 0 saturated heterocycles. The van der Waals surface area contributed by atoms with Gasteiger partial charge in [-0.25, -0.2) is 21.2 Å². The molecule has 38 heavy (non-hydrogen) atoms. The van der Waals surface area contributed by atoms with E-state index in [0.29, 0.717) is 0 Å². The standard InChI is InChI=1S/C27H35FN2O6S2/c1-19-16-30(20(2)18-31)38(34,35)27-14-9-22(21-7-5-4-6-8-21)15-25(27)36-26(19)17-29(3)37(32,33)24-12-10-23(28)11-13-24/h7,9-15,19-20,26,31H,4-6,8,16-18H2,1-3H3/t19-,20-,26+/m0/s1. The molecule has 8 nitrogen and oxygen atoms in total. The minimum atomic E-state index is -4.00. The number of sulfonamides is 2. The van der Waals surface area contributed by atoms with Crippen LogP contribution in [0.3, 0.4) is 0 Å².